The van der Waals surface area contributed by atoms with Crippen molar-refractivity contribution in [2.45, 2.75) is 65.5 Å². The number of aromatic nitrogens is 2. The lowest BCUT2D eigenvalue weighted by Gasteiger charge is -2.15. The largest absolute Gasteiger partial charge is 0.459 e. The summed E-state index contributed by atoms with van der Waals surface area (Å²) in [4.78, 5) is 26.6. The van der Waals surface area contributed by atoms with Crippen molar-refractivity contribution in [3.05, 3.63) is 32.9 Å². The number of anilines is 1. The highest BCUT2D eigenvalue weighted by atomic mass is 35.5. The number of esters is 1. The number of hydrogen-bond donors (Lipinski definition) is 1. The Kier molecular flexibility index (Phi) is 5.91. The molecule has 0 saturated carbocycles. The Hall–Kier alpha value is -1.86. The molecule has 1 unspecified atom stereocenters. The van der Waals surface area contributed by atoms with E-state index in [0.29, 0.717) is 21.3 Å². The van der Waals surface area contributed by atoms with Gasteiger partial charge in [0.2, 0.25) is 5.91 Å². The van der Waals surface area contributed by atoms with Crippen LogP contribution in [0.15, 0.2) is 6.20 Å². The van der Waals surface area contributed by atoms with Gasteiger partial charge in [0.25, 0.3) is 0 Å². The summed E-state index contributed by atoms with van der Waals surface area (Å²) < 4.78 is 6.96. The van der Waals surface area contributed by atoms with E-state index >= 15 is 0 Å². The fourth-order valence-electron chi connectivity index (χ4n) is 3.14. The van der Waals surface area contributed by atoms with Crippen molar-refractivity contribution >= 4 is 39.8 Å². The van der Waals surface area contributed by atoms with Crippen LogP contribution in [0.25, 0.3) is 0 Å². The molecular formula is C19H24ClN3O3S. The first-order chi connectivity index (χ1) is 12.8. The second-order valence-electron chi connectivity index (χ2n) is 7.08. The molecule has 1 aliphatic rings. The Morgan fingerprint density at radius 3 is 2.63 bits per heavy atom. The molecule has 146 valence electrons. The predicted octanol–water partition coefficient (Wildman–Crippen LogP) is 4.55. The highest BCUT2D eigenvalue weighted by Gasteiger charge is 2.29. The van der Waals surface area contributed by atoms with Crippen LogP contribution in [0.3, 0.4) is 0 Å². The molecule has 2 aromatic heterocycles. The van der Waals surface area contributed by atoms with E-state index in [2.05, 4.69) is 10.4 Å². The molecule has 0 fully saturated rings. The molecule has 1 N–H and O–H groups in total. The quantitative estimate of drug-likeness (QED) is 0.735. The van der Waals surface area contributed by atoms with Crippen molar-refractivity contribution in [2.75, 3.05) is 5.32 Å². The Morgan fingerprint density at radius 1 is 1.30 bits per heavy atom. The number of hydrogen-bond acceptors (Lipinski definition) is 5. The third-order valence-corrected chi connectivity index (χ3v) is 6.17. The third kappa shape index (κ3) is 4.19. The topological polar surface area (TPSA) is 73.2 Å². The molecule has 0 aliphatic heterocycles. The average molecular weight is 410 g/mol. The number of rotatable bonds is 5. The van der Waals surface area contributed by atoms with Gasteiger partial charge in [0, 0.05) is 11.1 Å². The van der Waals surface area contributed by atoms with Crippen LogP contribution in [0.2, 0.25) is 5.02 Å². The van der Waals surface area contributed by atoms with Crippen LogP contribution < -0.4 is 5.32 Å². The minimum Gasteiger partial charge on any atom is -0.459 e. The van der Waals surface area contributed by atoms with Crippen LogP contribution in [-0.4, -0.2) is 27.8 Å². The van der Waals surface area contributed by atoms with Gasteiger partial charge in [0.05, 0.1) is 22.4 Å². The lowest BCUT2D eigenvalue weighted by molar-refractivity contribution is -0.119. The number of halogens is 1. The molecule has 27 heavy (non-hydrogen) atoms. The maximum atomic E-state index is 12.8. The van der Waals surface area contributed by atoms with E-state index < -0.39 is 6.04 Å². The summed E-state index contributed by atoms with van der Waals surface area (Å²) >= 11 is 7.53. The smallest absolute Gasteiger partial charge is 0.341 e. The summed E-state index contributed by atoms with van der Waals surface area (Å²) in [6.07, 6.45) is 5.33. The molecule has 2 heterocycles. The van der Waals surface area contributed by atoms with E-state index in [9.17, 15) is 9.59 Å². The normalized spacial score (nSPS) is 14.7. The third-order valence-electron chi connectivity index (χ3n) is 4.59. The van der Waals surface area contributed by atoms with Gasteiger partial charge in [-0.15, -0.1) is 11.3 Å². The number of thiophene rings is 1. The Labute approximate surface area is 167 Å². The monoisotopic (exact) mass is 409 g/mol. The van der Waals surface area contributed by atoms with Crippen LogP contribution in [0, 0.1) is 6.92 Å². The van der Waals surface area contributed by atoms with E-state index in [1.54, 1.807) is 20.0 Å². The molecule has 6 nitrogen and oxygen atoms in total. The van der Waals surface area contributed by atoms with Crippen molar-refractivity contribution in [1.82, 2.24) is 9.78 Å². The van der Waals surface area contributed by atoms with E-state index in [1.807, 2.05) is 13.8 Å². The number of carbonyl (C=O) groups excluding carboxylic acids is 2. The van der Waals surface area contributed by atoms with Gasteiger partial charge >= 0.3 is 5.97 Å². The summed E-state index contributed by atoms with van der Waals surface area (Å²) in [7, 11) is 0. The zero-order valence-corrected chi connectivity index (χ0v) is 17.5. The number of nitrogens with one attached hydrogen (secondary N) is 1. The number of aryl methyl sites for hydroxylation is 2. The van der Waals surface area contributed by atoms with Crippen LogP contribution >= 0.6 is 22.9 Å². The van der Waals surface area contributed by atoms with E-state index in [4.69, 9.17) is 16.3 Å². The summed E-state index contributed by atoms with van der Waals surface area (Å²) in [6, 6.07) is -0.552. The van der Waals surface area contributed by atoms with Gasteiger partial charge < -0.3 is 10.1 Å². The summed E-state index contributed by atoms with van der Waals surface area (Å²) in [6.45, 7) is 7.18. The molecule has 1 atom stereocenters. The summed E-state index contributed by atoms with van der Waals surface area (Å²) in [5, 5.41) is 8.28. The maximum Gasteiger partial charge on any atom is 0.341 e. The Bertz CT molecular complexity index is 852. The SMILES string of the molecule is Cc1nn(C(C)C(=O)Nc2sc3c(c2C(=O)OC(C)C)CCCC3)cc1Cl. The second-order valence-corrected chi connectivity index (χ2v) is 8.59. The van der Waals surface area contributed by atoms with Crippen LogP contribution in [0.4, 0.5) is 5.00 Å². The zero-order valence-electron chi connectivity index (χ0n) is 16.0. The van der Waals surface area contributed by atoms with Gasteiger partial charge in [0.1, 0.15) is 11.0 Å². The first kappa shape index (κ1) is 19.9. The molecule has 0 saturated heterocycles. The van der Waals surface area contributed by atoms with Crippen LogP contribution in [0.5, 0.6) is 0 Å². The zero-order chi connectivity index (χ0) is 19.7. The molecule has 3 rings (SSSR count). The molecule has 1 amide bonds. The standard InChI is InChI=1S/C19H24ClN3O3S/c1-10(2)26-19(25)16-13-7-5-6-8-15(13)27-18(16)21-17(24)12(4)23-9-14(20)11(3)22-23/h9-10,12H,5-8H2,1-4H3,(H,21,24). The van der Waals surface area contributed by atoms with E-state index in [-0.39, 0.29) is 18.0 Å². The highest BCUT2D eigenvalue weighted by molar-refractivity contribution is 7.17. The van der Waals surface area contributed by atoms with Gasteiger partial charge in [0.15, 0.2) is 0 Å². The minimum atomic E-state index is -0.552. The first-order valence-electron chi connectivity index (χ1n) is 9.15. The summed E-state index contributed by atoms with van der Waals surface area (Å²) in [5.74, 6) is -0.614. The molecule has 0 aromatic carbocycles. The molecule has 0 spiro atoms. The van der Waals surface area contributed by atoms with Crippen molar-refractivity contribution in [3.63, 3.8) is 0 Å². The lowest BCUT2D eigenvalue weighted by atomic mass is 9.95. The maximum absolute atomic E-state index is 12.8. The number of amides is 1. The molecule has 8 heteroatoms. The van der Waals surface area contributed by atoms with Gasteiger partial charge in [-0.2, -0.15) is 5.10 Å². The van der Waals surface area contributed by atoms with E-state index in [0.717, 1.165) is 36.1 Å². The highest BCUT2D eigenvalue weighted by Crippen LogP contribution is 2.39. The van der Waals surface area contributed by atoms with Crippen LogP contribution in [0.1, 0.15) is 66.1 Å². The van der Waals surface area contributed by atoms with Crippen molar-refractivity contribution in [1.29, 1.82) is 0 Å². The fourth-order valence-corrected chi connectivity index (χ4v) is 4.56. The van der Waals surface area contributed by atoms with Crippen molar-refractivity contribution in [2.24, 2.45) is 0 Å². The summed E-state index contributed by atoms with van der Waals surface area (Å²) in [5.41, 5.74) is 2.21. The molecule has 0 radical (unpaired) electrons. The molecule has 2 aromatic rings. The van der Waals surface area contributed by atoms with Gasteiger partial charge in [-0.3, -0.25) is 9.48 Å². The first-order valence-corrected chi connectivity index (χ1v) is 10.3. The van der Waals surface area contributed by atoms with Gasteiger partial charge in [-0.25, -0.2) is 4.79 Å². The number of fused-ring (bicyclic) bond motifs is 1. The molecular weight excluding hydrogens is 386 g/mol. The number of nitrogens with zero attached hydrogens (tertiary/aromatic N) is 2. The molecule has 0 bridgehead atoms. The van der Waals surface area contributed by atoms with Crippen LogP contribution in [-0.2, 0) is 22.4 Å². The van der Waals surface area contributed by atoms with Gasteiger partial charge in [-0.1, -0.05) is 11.6 Å². The van der Waals surface area contributed by atoms with Crippen molar-refractivity contribution < 1.29 is 14.3 Å². The fraction of sp³-hybridized carbons (Fsp3) is 0.526. The predicted molar refractivity (Wildman–Crippen MR) is 107 cm³/mol. The Balaban J connectivity index is 1.88. The number of carbonyl (C=O) groups is 2. The Morgan fingerprint density at radius 2 is 2.00 bits per heavy atom. The average Bonchev–Trinajstić information content (AvgIpc) is 3.13. The lowest BCUT2D eigenvalue weighted by Crippen LogP contribution is -2.25. The van der Waals surface area contributed by atoms with Gasteiger partial charge in [-0.05, 0) is 58.9 Å². The molecule has 1 aliphatic carbocycles. The van der Waals surface area contributed by atoms with Crippen molar-refractivity contribution in [3.8, 4) is 0 Å². The number of ether oxygens (including phenoxy) is 1. The minimum absolute atomic E-state index is 0.215. The van der Waals surface area contributed by atoms with E-state index in [1.165, 1.54) is 16.0 Å². The second kappa shape index (κ2) is 8.02.